The maximum atomic E-state index is 12.3. The molecule has 0 bridgehead atoms. The van der Waals surface area contributed by atoms with Crippen LogP contribution in [0.3, 0.4) is 0 Å². The van der Waals surface area contributed by atoms with Crippen LogP contribution in [0.5, 0.6) is 0 Å². The van der Waals surface area contributed by atoms with E-state index in [9.17, 15) is 13.2 Å². The summed E-state index contributed by atoms with van der Waals surface area (Å²) in [6.45, 7) is 5.29. The first-order chi connectivity index (χ1) is 9.08. The van der Waals surface area contributed by atoms with Gasteiger partial charge in [0.1, 0.15) is 6.04 Å². The van der Waals surface area contributed by atoms with Crippen LogP contribution >= 0.6 is 15.9 Å². The minimum absolute atomic E-state index is 0.0880. The van der Waals surface area contributed by atoms with Gasteiger partial charge in [0, 0.05) is 4.47 Å². The van der Waals surface area contributed by atoms with Gasteiger partial charge in [0.25, 0.3) is 0 Å². The van der Waals surface area contributed by atoms with E-state index in [1.54, 1.807) is 32.9 Å². The molecule has 1 aromatic rings. The Bertz CT molecular complexity index is 593. The van der Waals surface area contributed by atoms with Gasteiger partial charge >= 0.3 is 5.97 Å². The first-order valence-electron chi connectivity index (χ1n) is 5.93. The third-order valence-electron chi connectivity index (χ3n) is 2.68. The average Bonchev–Trinajstić information content (AvgIpc) is 2.34. The summed E-state index contributed by atoms with van der Waals surface area (Å²) in [5.74, 6) is -0.615. The van der Waals surface area contributed by atoms with E-state index < -0.39 is 27.4 Å². The van der Waals surface area contributed by atoms with Crippen molar-refractivity contribution in [1.29, 1.82) is 0 Å². The lowest BCUT2D eigenvalue weighted by atomic mass is 9.87. The number of hydrogen-bond acceptors (Lipinski definition) is 4. The van der Waals surface area contributed by atoms with E-state index in [2.05, 4.69) is 25.4 Å². The lowest BCUT2D eigenvalue weighted by Crippen LogP contribution is -2.49. The Morgan fingerprint density at radius 3 is 2.40 bits per heavy atom. The fourth-order valence-corrected chi connectivity index (χ4v) is 3.54. The molecule has 0 spiro atoms. The molecule has 1 atom stereocenters. The number of carbonyl (C=O) groups is 1. The molecule has 0 aliphatic carbocycles. The van der Waals surface area contributed by atoms with Gasteiger partial charge < -0.3 is 4.74 Å². The van der Waals surface area contributed by atoms with Crippen LogP contribution in [-0.2, 0) is 19.6 Å². The van der Waals surface area contributed by atoms with Gasteiger partial charge in [0.05, 0.1) is 12.0 Å². The number of rotatable bonds is 4. The van der Waals surface area contributed by atoms with Gasteiger partial charge in [0.15, 0.2) is 0 Å². The number of nitrogens with one attached hydrogen (secondary N) is 1. The Labute approximate surface area is 127 Å². The van der Waals surface area contributed by atoms with E-state index in [1.165, 1.54) is 19.2 Å². The van der Waals surface area contributed by atoms with E-state index in [-0.39, 0.29) is 4.90 Å². The highest BCUT2D eigenvalue weighted by atomic mass is 79.9. The van der Waals surface area contributed by atoms with E-state index in [1.807, 2.05) is 0 Å². The number of methoxy groups -OCH3 is 1. The summed E-state index contributed by atoms with van der Waals surface area (Å²) < 4.78 is 32.4. The van der Waals surface area contributed by atoms with Gasteiger partial charge in [0.2, 0.25) is 10.0 Å². The molecule has 0 saturated carbocycles. The zero-order valence-corrected chi connectivity index (χ0v) is 14.2. The summed E-state index contributed by atoms with van der Waals surface area (Å²) >= 11 is 3.22. The third kappa shape index (κ3) is 4.29. The van der Waals surface area contributed by atoms with Gasteiger partial charge in [-0.1, -0.05) is 42.8 Å². The lowest BCUT2D eigenvalue weighted by molar-refractivity contribution is -0.145. The first kappa shape index (κ1) is 17.1. The average molecular weight is 364 g/mol. The zero-order valence-electron chi connectivity index (χ0n) is 11.8. The topological polar surface area (TPSA) is 72.5 Å². The number of carbonyl (C=O) groups excluding carboxylic acids is 1. The molecule has 112 valence electrons. The van der Waals surface area contributed by atoms with Crippen LogP contribution in [0.2, 0.25) is 0 Å². The normalized spacial score (nSPS) is 13.8. The maximum absolute atomic E-state index is 12.3. The van der Waals surface area contributed by atoms with E-state index >= 15 is 0 Å². The molecular formula is C13H18BrNO4S. The van der Waals surface area contributed by atoms with Crippen molar-refractivity contribution in [2.45, 2.75) is 31.7 Å². The molecule has 1 unspecified atom stereocenters. The monoisotopic (exact) mass is 363 g/mol. The molecule has 5 nitrogen and oxygen atoms in total. The highest BCUT2D eigenvalue weighted by Crippen LogP contribution is 2.23. The first-order valence-corrected chi connectivity index (χ1v) is 8.21. The number of halogens is 1. The van der Waals surface area contributed by atoms with Gasteiger partial charge in [-0.3, -0.25) is 4.79 Å². The second-order valence-electron chi connectivity index (χ2n) is 5.40. The van der Waals surface area contributed by atoms with E-state index in [0.717, 1.165) is 0 Å². The van der Waals surface area contributed by atoms with Crippen LogP contribution in [0, 0.1) is 5.41 Å². The number of esters is 1. The number of sulfonamides is 1. The van der Waals surface area contributed by atoms with E-state index in [4.69, 9.17) is 0 Å². The summed E-state index contributed by atoms with van der Waals surface area (Å²) in [5, 5.41) is 0. The number of ether oxygens (including phenoxy) is 1. The smallest absolute Gasteiger partial charge is 0.324 e. The number of hydrogen-bond donors (Lipinski definition) is 1. The quantitative estimate of drug-likeness (QED) is 0.833. The Morgan fingerprint density at radius 2 is 1.95 bits per heavy atom. The van der Waals surface area contributed by atoms with Crippen molar-refractivity contribution in [3.8, 4) is 0 Å². The molecule has 0 saturated heterocycles. The summed E-state index contributed by atoms with van der Waals surface area (Å²) in [4.78, 5) is 11.9. The van der Waals surface area contributed by atoms with Crippen molar-refractivity contribution in [2.24, 2.45) is 5.41 Å². The molecule has 0 fully saturated rings. The maximum Gasteiger partial charge on any atom is 0.324 e. The molecule has 1 rings (SSSR count). The summed E-state index contributed by atoms with van der Waals surface area (Å²) in [6.07, 6.45) is 0. The lowest BCUT2D eigenvalue weighted by Gasteiger charge is -2.28. The predicted octanol–water partition coefficient (Wildman–Crippen LogP) is 2.32. The predicted molar refractivity (Wildman–Crippen MR) is 79.7 cm³/mol. The van der Waals surface area contributed by atoms with Crippen LogP contribution < -0.4 is 4.72 Å². The SMILES string of the molecule is COC(=O)C(NS(=O)(=O)c1cccc(Br)c1)C(C)(C)C. The Morgan fingerprint density at radius 1 is 1.35 bits per heavy atom. The molecule has 0 heterocycles. The molecule has 0 aromatic heterocycles. The second-order valence-corrected chi connectivity index (χ2v) is 8.03. The van der Waals surface area contributed by atoms with Crippen LogP contribution in [-0.4, -0.2) is 27.5 Å². The van der Waals surface area contributed by atoms with Crippen molar-refractivity contribution in [1.82, 2.24) is 4.72 Å². The second kappa shape index (κ2) is 6.24. The molecule has 0 amide bonds. The molecular weight excluding hydrogens is 346 g/mol. The van der Waals surface area contributed by atoms with Crippen LogP contribution in [0.25, 0.3) is 0 Å². The molecule has 0 aliphatic heterocycles. The van der Waals surface area contributed by atoms with E-state index in [0.29, 0.717) is 4.47 Å². The fourth-order valence-electron chi connectivity index (χ4n) is 1.55. The minimum Gasteiger partial charge on any atom is -0.468 e. The molecule has 20 heavy (non-hydrogen) atoms. The van der Waals surface area contributed by atoms with Gasteiger partial charge in [-0.15, -0.1) is 0 Å². The third-order valence-corrected chi connectivity index (χ3v) is 4.60. The van der Waals surface area contributed by atoms with Crippen molar-refractivity contribution in [3.05, 3.63) is 28.7 Å². The standard InChI is InChI=1S/C13H18BrNO4S/c1-13(2,3)11(12(16)19-4)15-20(17,18)10-7-5-6-9(14)8-10/h5-8,11,15H,1-4H3. The zero-order chi connectivity index (χ0) is 15.6. The van der Waals surface area contributed by atoms with Crippen LogP contribution in [0.15, 0.2) is 33.6 Å². The highest BCUT2D eigenvalue weighted by Gasteiger charge is 2.36. The minimum atomic E-state index is -3.80. The molecule has 1 N–H and O–H groups in total. The van der Waals surface area contributed by atoms with Crippen LogP contribution in [0.1, 0.15) is 20.8 Å². The van der Waals surface area contributed by atoms with Gasteiger partial charge in [-0.2, -0.15) is 4.72 Å². The van der Waals surface area contributed by atoms with Gasteiger partial charge in [-0.05, 0) is 23.6 Å². The van der Waals surface area contributed by atoms with Crippen molar-refractivity contribution in [2.75, 3.05) is 7.11 Å². The summed E-state index contributed by atoms with van der Waals surface area (Å²) in [5.41, 5.74) is -0.605. The molecule has 0 aliphatic rings. The van der Waals surface area contributed by atoms with Crippen molar-refractivity contribution >= 4 is 31.9 Å². The largest absolute Gasteiger partial charge is 0.468 e. The van der Waals surface area contributed by atoms with Crippen molar-refractivity contribution in [3.63, 3.8) is 0 Å². The molecule has 7 heteroatoms. The fraction of sp³-hybridized carbons (Fsp3) is 0.462. The number of benzene rings is 1. The van der Waals surface area contributed by atoms with Crippen molar-refractivity contribution < 1.29 is 17.9 Å². The van der Waals surface area contributed by atoms with Gasteiger partial charge in [-0.25, -0.2) is 8.42 Å². The Hall–Kier alpha value is -0.920. The highest BCUT2D eigenvalue weighted by molar-refractivity contribution is 9.10. The molecule has 1 aromatic carbocycles. The summed E-state index contributed by atoms with van der Waals surface area (Å²) in [7, 11) is -2.57. The Balaban J connectivity index is 3.13. The Kier molecular flexibility index (Phi) is 5.34. The molecule has 0 radical (unpaired) electrons. The summed E-state index contributed by atoms with van der Waals surface area (Å²) in [6, 6.07) is 5.31. The van der Waals surface area contributed by atoms with Crippen LogP contribution in [0.4, 0.5) is 0 Å².